The van der Waals surface area contributed by atoms with Gasteiger partial charge in [-0.1, -0.05) is 50.6 Å². The first kappa shape index (κ1) is 18.0. The third-order valence-corrected chi connectivity index (χ3v) is 4.39. The van der Waals surface area contributed by atoms with Crippen molar-refractivity contribution in [1.29, 1.82) is 0 Å². The Bertz CT molecular complexity index is 602. The average molecular weight is 332 g/mol. The smallest absolute Gasteiger partial charge is 0.324 e. The van der Waals surface area contributed by atoms with Gasteiger partial charge in [0.2, 0.25) is 0 Å². The zero-order chi connectivity index (χ0) is 17.7. The highest BCUT2D eigenvalue weighted by atomic mass is 16.5. The Morgan fingerprint density at radius 2 is 1.92 bits per heavy atom. The number of urea groups is 1. The van der Waals surface area contributed by atoms with Gasteiger partial charge in [-0.2, -0.15) is 0 Å². The molecule has 0 spiro atoms. The monoisotopic (exact) mass is 332 g/mol. The molecule has 2 rings (SSSR count). The second-order valence-electron chi connectivity index (χ2n) is 6.07. The van der Waals surface area contributed by atoms with Gasteiger partial charge in [-0.05, 0) is 18.4 Å². The molecule has 6 nitrogen and oxygen atoms in total. The Morgan fingerprint density at radius 3 is 2.46 bits per heavy atom. The maximum Gasteiger partial charge on any atom is 0.324 e. The first-order valence-corrected chi connectivity index (χ1v) is 8.30. The van der Waals surface area contributed by atoms with Crippen LogP contribution in [0.15, 0.2) is 30.3 Å². The van der Waals surface area contributed by atoms with Gasteiger partial charge < -0.3 is 10.1 Å². The van der Waals surface area contributed by atoms with Crippen LogP contribution in [0.5, 0.6) is 0 Å². The van der Waals surface area contributed by atoms with Crippen LogP contribution in [-0.2, 0) is 14.3 Å². The number of imide groups is 1. The molecule has 0 aliphatic carbocycles. The van der Waals surface area contributed by atoms with E-state index in [0.29, 0.717) is 13.1 Å². The Balaban J connectivity index is 2.09. The van der Waals surface area contributed by atoms with E-state index in [9.17, 15) is 14.4 Å². The second kappa shape index (κ2) is 7.95. The van der Waals surface area contributed by atoms with Crippen molar-refractivity contribution in [3.05, 3.63) is 35.9 Å². The van der Waals surface area contributed by atoms with Gasteiger partial charge in [0.1, 0.15) is 0 Å². The Labute approximate surface area is 142 Å². The lowest BCUT2D eigenvalue weighted by atomic mass is 9.85. The SMILES string of the molecule is CC[C@H](C)[C@@H](C(=O)O[C@@H](C)C(=O)N1CCNC1=O)c1ccccc1. The largest absolute Gasteiger partial charge is 0.452 e. The molecule has 1 saturated heterocycles. The molecule has 1 fully saturated rings. The lowest BCUT2D eigenvalue weighted by molar-refractivity contribution is -0.159. The summed E-state index contributed by atoms with van der Waals surface area (Å²) in [6.07, 6.45) is -0.178. The zero-order valence-electron chi connectivity index (χ0n) is 14.3. The lowest BCUT2D eigenvalue weighted by Gasteiger charge is -2.25. The number of nitrogens with one attached hydrogen (secondary N) is 1. The number of amides is 3. The minimum absolute atomic E-state index is 0.0808. The molecule has 0 unspecified atom stereocenters. The van der Waals surface area contributed by atoms with E-state index < -0.39 is 29.9 Å². The number of nitrogens with zero attached hydrogens (tertiary/aromatic N) is 1. The second-order valence-corrected chi connectivity index (χ2v) is 6.07. The maximum atomic E-state index is 12.7. The van der Waals surface area contributed by atoms with E-state index in [-0.39, 0.29) is 5.92 Å². The summed E-state index contributed by atoms with van der Waals surface area (Å²) in [6.45, 7) is 6.22. The molecule has 1 N–H and O–H groups in total. The molecule has 3 amide bonds. The minimum atomic E-state index is -0.989. The van der Waals surface area contributed by atoms with Gasteiger partial charge in [0.25, 0.3) is 5.91 Å². The van der Waals surface area contributed by atoms with E-state index in [2.05, 4.69) is 5.32 Å². The molecule has 1 aliphatic heterocycles. The Kier molecular flexibility index (Phi) is 5.95. The highest BCUT2D eigenvalue weighted by Crippen LogP contribution is 2.28. The molecule has 0 saturated carbocycles. The molecule has 0 bridgehead atoms. The maximum absolute atomic E-state index is 12.7. The summed E-state index contributed by atoms with van der Waals surface area (Å²) in [5.41, 5.74) is 0.871. The van der Waals surface area contributed by atoms with Crippen LogP contribution in [0.4, 0.5) is 4.79 Å². The number of hydrogen-bond donors (Lipinski definition) is 1. The molecule has 3 atom stereocenters. The van der Waals surface area contributed by atoms with Crippen molar-refractivity contribution in [2.45, 2.75) is 39.2 Å². The van der Waals surface area contributed by atoms with Crippen LogP contribution in [0.25, 0.3) is 0 Å². The molecular weight excluding hydrogens is 308 g/mol. The van der Waals surface area contributed by atoms with Crippen LogP contribution in [0.2, 0.25) is 0 Å². The van der Waals surface area contributed by atoms with E-state index >= 15 is 0 Å². The van der Waals surface area contributed by atoms with Gasteiger partial charge in [0.05, 0.1) is 5.92 Å². The van der Waals surface area contributed by atoms with E-state index in [1.807, 2.05) is 44.2 Å². The van der Waals surface area contributed by atoms with Gasteiger partial charge in [0, 0.05) is 13.1 Å². The fourth-order valence-electron chi connectivity index (χ4n) is 2.79. The summed E-state index contributed by atoms with van der Waals surface area (Å²) >= 11 is 0. The normalized spacial score (nSPS) is 17.8. The molecule has 1 heterocycles. The fourth-order valence-corrected chi connectivity index (χ4v) is 2.79. The highest BCUT2D eigenvalue weighted by molar-refractivity contribution is 5.98. The molecule has 1 aromatic carbocycles. The molecule has 130 valence electrons. The molecule has 0 aromatic heterocycles. The van der Waals surface area contributed by atoms with E-state index in [0.717, 1.165) is 16.9 Å². The van der Waals surface area contributed by atoms with Crippen molar-refractivity contribution in [2.24, 2.45) is 5.92 Å². The zero-order valence-corrected chi connectivity index (χ0v) is 14.3. The van der Waals surface area contributed by atoms with Crippen LogP contribution >= 0.6 is 0 Å². The molecule has 0 radical (unpaired) electrons. The van der Waals surface area contributed by atoms with Crippen molar-refractivity contribution in [3.63, 3.8) is 0 Å². The average Bonchev–Trinajstić information content (AvgIpc) is 3.01. The van der Waals surface area contributed by atoms with Crippen LogP contribution in [0, 0.1) is 5.92 Å². The molecule has 6 heteroatoms. The number of rotatable bonds is 6. The van der Waals surface area contributed by atoms with Crippen molar-refractivity contribution >= 4 is 17.9 Å². The first-order valence-electron chi connectivity index (χ1n) is 8.30. The van der Waals surface area contributed by atoms with Crippen molar-refractivity contribution in [3.8, 4) is 0 Å². The summed E-state index contributed by atoms with van der Waals surface area (Å²) in [6, 6.07) is 8.98. The predicted octanol–water partition coefficient (Wildman–Crippen LogP) is 2.30. The summed E-state index contributed by atoms with van der Waals surface area (Å²) in [4.78, 5) is 37.6. The Hall–Kier alpha value is -2.37. The van der Waals surface area contributed by atoms with Crippen LogP contribution in [0.3, 0.4) is 0 Å². The number of esters is 1. The summed E-state index contributed by atoms with van der Waals surface area (Å²) in [7, 11) is 0. The number of benzene rings is 1. The van der Waals surface area contributed by atoms with Gasteiger partial charge in [-0.25, -0.2) is 4.79 Å². The predicted molar refractivity (Wildman–Crippen MR) is 89.3 cm³/mol. The summed E-state index contributed by atoms with van der Waals surface area (Å²) in [5.74, 6) is -1.28. The van der Waals surface area contributed by atoms with Crippen LogP contribution in [0.1, 0.15) is 38.7 Å². The third-order valence-electron chi connectivity index (χ3n) is 4.39. The third kappa shape index (κ3) is 3.93. The van der Waals surface area contributed by atoms with Crippen LogP contribution < -0.4 is 5.32 Å². The van der Waals surface area contributed by atoms with E-state index in [1.54, 1.807) is 0 Å². The number of ether oxygens (including phenoxy) is 1. The summed E-state index contributed by atoms with van der Waals surface area (Å²) < 4.78 is 5.40. The molecule has 24 heavy (non-hydrogen) atoms. The number of carbonyl (C=O) groups is 3. The topological polar surface area (TPSA) is 75.7 Å². The van der Waals surface area contributed by atoms with Crippen LogP contribution in [-0.4, -0.2) is 42.0 Å². The molecule has 1 aromatic rings. The quantitative estimate of drug-likeness (QED) is 0.811. The highest BCUT2D eigenvalue weighted by Gasteiger charge is 2.34. The van der Waals surface area contributed by atoms with Gasteiger partial charge in [-0.3, -0.25) is 14.5 Å². The minimum Gasteiger partial charge on any atom is -0.452 e. The molecule has 1 aliphatic rings. The lowest BCUT2D eigenvalue weighted by Crippen LogP contribution is -2.42. The fraction of sp³-hybridized carbons (Fsp3) is 0.500. The standard InChI is InChI=1S/C18H24N2O4/c1-4-12(2)15(14-8-6-5-7-9-14)17(22)24-13(3)16(21)20-11-10-19-18(20)23/h5-9,12-13,15H,4,10-11H2,1-3H3,(H,19,23)/t12-,13-,15+/m0/s1. The first-order chi connectivity index (χ1) is 11.5. The number of carbonyl (C=O) groups excluding carboxylic acids is 3. The van der Waals surface area contributed by atoms with Crippen molar-refractivity contribution in [1.82, 2.24) is 10.2 Å². The van der Waals surface area contributed by atoms with Crippen molar-refractivity contribution < 1.29 is 19.1 Å². The van der Waals surface area contributed by atoms with Gasteiger partial charge in [-0.15, -0.1) is 0 Å². The van der Waals surface area contributed by atoms with Gasteiger partial charge >= 0.3 is 12.0 Å². The summed E-state index contributed by atoms with van der Waals surface area (Å²) in [5, 5.41) is 2.56. The van der Waals surface area contributed by atoms with Crippen molar-refractivity contribution in [2.75, 3.05) is 13.1 Å². The number of hydrogen-bond acceptors (Lipinski definition) is 4. The van der Waals surface area contributed by atoms with Gasteiger partial charge in [0.15, 0.2) is 6.10 Å². The Morgan fingerprint density at radius 1 is 1.25 bits per heavy atom. The molecular formula is C18H24N2O4. The van der Waals surface area contributed by atoms with E-state index in [1.165, 1.54) is 6.92 Å². The van der Waals surface area contributed by atoms with E-state index in [4.69, 9.17) is 4.74 Å².